The van der Waals surface area contributed by atoms with Gasteiger partial charge in [0.05, 0.1) is 6.61 Å². The van der Waals surface area contributed by atoms with Crippen LogP contribution in [0.15, 0.2) is 78.9 Å². The predicted octanol–water partition coefficient (Wildman–Crippen LogP) is 5.99. The van der Waals surface area contributed by atoms with Crippen LogP contribution in [-0.2, 0) is 6.54 Å². The smallest absolute Gasteiger partial charge is 0.253 e. The van der Waals surface area contributed by atoms with Gasteiger partial charge in [-0.2, -0.15) is 0 Å². The number of amides is 1. The third-order valence-electron chi connectivity index (χ3n) is 6.94. The van der Waals surface area contributed by atoms with E-state index in [2.05, 4.69) is 83.5 Å². The summed E-state index contributed by atoms with van der Waals surface area (Å²) < 4.78 is 5.95. The van der Waals surface area contributed by atoms with Crippen molar-refractivity contribution < 1.29 is 9.53 Å². The fourth-order valence-corrected chi connectivity index (χ4v) is 5.03. The Morgan fingerprint density at radius 1 is 0.889 bits per heavy atom. The molecule has 1 saturated heterocycles. The van der Waals surface area contributed by atoms with E-state index in [4.69, 9.17) is 4.74 Å². The van der Waals surface area contributed by atoms with E-state index in [-0.39, 0.29) is 5.91 Å². The zero-order chi connectivity index (χ0) is 24.7. The number of nitrogens with zero attached hydrogens (tertiary/aromatic N) is 3. The Bertz CT molecular complexity index is 1200. The van der Waals surface area contributed by atoms with Crippen molar-refractivity contribution in [2.24, 2.45) is 0 Å². The van der Waals surface area contributed by atoms with E-state index in [1.165, 1.54) is 16.8 Å². The Balaban J connectivity index is 1.21. The first-order valence-corrected chi connectivity index (χ1v) is 13.1. The summed E-state index contributed by atoms with van der Waals surface area (Å²) in [6.45, 7) is 7.91. The molecule has 0 atom stereocenters. The monoisotopic (exact) mass is 481 g/mol. The molecule has 3 aromatic carbocycles. The summed E-state index contributed by atoms with van der Waals surface area (Å²) in [7, 11) is 0. The van der Waals surface area contributed by atoms with Crippen LogP contribution in [0.2, 0.25) is 0 Å². The summed E-state index contributed by atoms with van der Waals surface area (Å²) in [5, 5.41) is 0. The molecule has 0 aliphatic carbocycles. The number of fused-ring (bicyclic) bond motifs is 1. The number of benzene rings is 3. The standard InChI is InChI=1S/C31H35N3O2/c1-2-23-36-30-13-6-4-10-27(30)24-32-18-8-19-33(22-21-32)31(35)26-14-16-28(17-15-26)34-20-7-11-25-9-3-5-12-29(25)34/h3-7,9-17H,2,8,18-24H2,1H3. The molecule has 36 heavy (non-hydrogen) atoms. The summed E-state index contributed by atoms with van der Waals surface area (Å²) in [6.07, 6.45) is 6.32. The van der Waals surface area contributed by atoms with E-state index >= 15 is 0 Å². The third-order valence-corrected chi connectivity index (χ3v) is 6.94. The highest BCUT2D eigenvalue weighted by Gasteiger charge is 2.22. The Hall–Kier alpha value is -3.57. The SMILES string of the molecule is CCCOc1ccccc1CN1CCCN(C(=O)c2ccc(N3CC=Cc4ccccc43)cc2)CC1. The molecule has 5 rings (SSSR count). The van der Waals surface area contributed by atoms with Gasteiger partial charge in [0, 0.05) is 61.8 Å². The molecule has 0 bridgehead atoms. The number of carbonyl (C=O) groups excluding carboxylic acids is 1. The van der Waals surface area contributed by atoms with Crippen molar-refractivity contribution in [1.29, 1.82) is 0 Å². The minimum Gasteiger partial charge on any atom is -0.493 e. The summed E-state index contributed by atoms with van der Waals surface area (Å²) in [6, 6.07) is 24.8. The maximum absolute atomic E-state index is 13.3. The third kappa shape index (κ3) is 5.47. The molecule has 0 aromatic heterocycles. The van der Waals surface area contributed by atoms with E-state index in [0.29, 0.717) is 0 Å². The average Bonchev–Trinajstić information content (AvgIpc) is 3.17. The van der Waals surface area contributed by atoms with Crippen LogP contribution in [0, 0.1) is 0 Å². The molecular formula is C31H35N3O2. The minimum absolute atomic E-state index is 0.119. The van der Waals surface area contributed by atoms with Gasteiger partial charge in [-0.15, -0.1) is 0 Å². The first-order chi connectivity index (χ1) is 17.7. The molecule has 3 aromatic rings. The van der Waals surface area contributed by atoms with Crippen molar-refractivity contribution in [2.75, 3.05) is 44.2 Å². The lowest BCUT2D eigenvalue weighted by molar-refractivity contribution is 0.0761. The summed E-state index contributed by atoms with van der Waals surface area (Å²) in [4.78, 5) is 20.1. The molecule has 1 fully saturated rings. The van der Waals surface area contributed by atoms with Gasteiger partial charge in [-0.1, -0.05) is 55.5 Å². The van der Waals surface area contributed by atoms with Crippen LogP contribution in [0.4, 0.5) is 11.4 Å². The van der Waals surface area contributed by atoms with Gasteiger partial charge < -0.3 is 14.5 Å². The number of carbonyl (C=O) groups is 1. The summed E-state index contributed by atoms with van der Waals surface area (Å²) in [5.74, 6) is 1.09. The van der Waals surface area contributed by atoms with E-state index in [9.17, 15) is 4.79 Å². The number of ether oxygens (including phenoxy) is 1. The van der Waals surface area contributed by atoms with Crippen LogP contribution < -0.4 is 9.64 Å². The van der Waals surface area contributed by atoms with Crippen LogP contribution in [-0.4, -0.2) is 55.0 Å². The maximum Gasteiger partial charge on any atom is 0.253 e. The van der Waals surface area contributed by atoms with E-state index < -0.39 is 0 Å². The Labute approximate surface area is 214 Å². The van der Waals surface area contributed by atoms with Crippen molar-refractivity contribution >= 4 is 23.4 Å². The molecular weight excluding hydrogens is 446 g/mol. The van der Waals surface area contributed by atoms with Gasteiger partial charge in [-0.3, -0.25) is 9.69 Å². The zero-order valence-corrected chi connectivity index (χ0v) is 21.1. The Morgan fingerprint density at radius 2 is 1.69 bits per heavy atom. The summed E-state index contributed by atoms with van der Waals surface area (Å²) >= 11 is 0. The molecule has 0 unspecified atom stereocenters. The molecule has 5 heteroatoms. The van der Waals surface area contributed by atoms with Crippen LogP contribution in [0.3, 0.4) is 0 Å². The van der Waals surface area contributed by atoms with E-state index in [1.54, 1.807) is 0 Å². The molecule has 0 spiro atoms. The second-order valence-corrected chi connectivity index (χ2v) is 9.50. The van der Waals surface area contributed by atoms with Crippen molar-refractivity contribution in [3.63, 3.8) is 0 Å². The van der Waals surface area contributed by atoms with Crippen molar-refractivity contribution in [2.45, 2.75) is 26.3 Å². The molecule has 0 N–H and O–H groups in total. The normalized spacial score (nSPS) is 15.9. The Morgan fingerprint density at radius 3 is 2.56 bits per heavy atom. The second-order valence-electron chi connectivity index (χ2n) is 9.50. The maximum atomic E-state index is 13.3. The molecule has 5 nitrogen and oxygen atoms in total. The van der Waals surface area contributed by atoms with Crippen LogP contribution in [0.5, 0.6) is 5.75 Å². The highest BCUT2D eigenvalue weighted by atomic mass is 16.5. The lowest BCUT2D eigenvalue weighted by Crippen LogP contribution is -2.35. The molecule has 2 aliphatic rings. The second kappa shape index (κ2) is 11.4. The molecule has 2 aliphatic heterocycles. The van der Waals surface area contributed by atoms with Gasteiger partial charge in [0.2, 0.25) is 0 Å². The van der Waals surface area contributed by atoms with Gasteiger partial charge in [-0.05, 0) is 54.8 Å². The number of rotatable bonds is 7. The van der Waals surface area contributed by atoms with Gasteiger partial charge >= 0.3 is 0 Å². The molecule has 1 amide bonds. The first kappa shape index (κ1) is 24.1. The zero-order valence-electron chi connectivity index (χ0n) is 21.1. The highest BCUT2D eigenvalue weighted by molar-refractivity contribution is 5.94. The van der Waals surface area contributed by atoms with Crippen LogP contribution >= 0.6 is 0 Å². The summed E-state index contributed by atoms with van der Waals surface area (Å²) in [5.41, 5.74) is 5.50. The van der Waals surface area contributed by atoms with Crippen molar-refractivity contribution in [3.05, 3.63) is 95.6 Å². The van der Waals surface area contributed by atoms with Gasteiger partial charge in [0.15, 0.2) is 0 Å². The molecule has 2 heterocycles. The molecule has 186 valence electrons. The van der Waals surface area contributed by atoms with E-state index in [0.717, 1.165) is 75.7 Å². The number of anilines is 2. The topological polar surface area (TPSA) is 36.0 Å². The number of hydrogen-bond donors (Lipinski definition) is 0. The quantitative estimate of drug-likeness (QED) is 0.415. The largest absolute Gasteiger partial charge is 0.493 e. The van der Waals surface area contributed by atoms with Gasteiger partial charge in [-0.25, -0.2) is 0 Å². The lowest BCUT2D eigenvalue weighted by Gasteiger charge is -2.28. The minimum atomic E-state index is 0.119. The fourth-order valence-electron chi connectivity index (χ4n) is 5.03. The molecule has 0 radical (unpaired) electrons. The van der Waals surface area contributed by atoms with Gasteiger partial charge in [0.1, 0.15) is 5.75 Å². The highest BCUT2D eigenvalue weighted by Crippen LogP contribution is 2.32. The Kier molecular flexibility index (Phi) is 7.67. The number of para-hydroxylation sites is 2. The van der Waals surface area contributed by atoms with Crippen molar-refractivity contribution in [1.82, 2.24) is 9.80 Å². The van der Waals surface area contributed by atoms with Crippen LogP contribution in [0.1, 0.15) is 41.3 Å². The molecule has 0 saturated carbocycles. The number of hydrogen-bond acceptors (Lipinski definition) is 4. The van der Waals surface area contributed by atoms with Crippen LogP contribution in [0.25, 0.3) is 6.08 Å². The first-order valence-electron chi connectivity index (χ1n) is 13.1. The fraction of sp³-hybridized carbons (Fsp3) is 0.323. The predicted molar refractivity (Wildman–Crippen MR) is 147 cm³/mol. The lowest BCUT2D eigenvalue weighted by atomic mass is 10.1. The average molecular weight is 482 g/mol. The van der Waals surface area contributed by atoms with E-state index in [1.807, 2.05) is 23.1 Å². The van der Waals surface area contributed by atoms with Gasteiger partial charge in [0.25, 0.3) is 5.91 Å². The van der Waals surface area contributed by atoms with Crippen molar-refractivity contribution in [3.8, 4) is 5.75 Å².